The van der Waals surface area contributed by atoms with Crippen LogP contribution in [-0.4, -0.2) is 28.6 Å². The number of hydrogen-bond acceptors (Lipinski definition) is 7. The first kappa shape index (κ1) is 22.9. The first-order valence-corrected chi connectivity index (χ1v) is 12.5. The number of nitro benzene ring substituents is 1. The van der Waals surface area contributed by atoms with Crippen LogP contribution in [0.4, 0.5) is 5.69 Å². The maximum atomic E-state index is 11.7. The molecular formula is C23H20Cl2N4O4S. The first-order valence-electron chi connectivity index (χ1n) is 10.8. The van der Waals surface area contributed by atoms with Gasteiger partial charge >= 0.3 is 0 Å². The van der Waals surface area contributed by atoms with E-state index in [1.54, 1.807) is 28.9 Å². The Morgan fingerprint density at radius 2 is 1.88 bits per heavy atom. The first-order chi connectivity index (χ1) is 16.5. The van der Waals surface area contributed by atoms with Gasteiger partial charge in [-0.15, -0.1) is 11.3 Å². The van der Waals surface area contributed by atoms with E-state index in [2.05, 4.69) is 5.10 Å². The second kappa shape index (κ2) is 9.77. The van der Waals surface area contributed by atoms with Crippen molar-refractivity contribution in [2.24, 2.45) is 10.1 Å². The van der Waals surface area contributed by atoms with Crippen LogP contribution >= 0.6 is 34.5 Å². The zero-order valence-corrected chi connectivity index (χ0v) is 20.3. The smallest absolute Gasteiger partial charge is 0.282 e. The summed E-state index contributed by atoms with van der Waals surface area (Å²) in [7, 11) is 0. The Kier molecular flexibility index (Phi) is 6.58. The van der Waals surface area contributed by atoms with E-state index in [0.29, 0.717) is 43.2 Å². The van der Waals surface area contributed by atoms with Gasteiger partial charge in [-0.3, -0.25) is 15.1 Å². The number of nitrogens with zero attached hydrogens (tertiary/aromatic N) is 4. The molecule has 1 aliphatic carbocycles. The van der Waals surface area contributed by atoms with E-state index in [1.165, 1.54) is 30.0 Å². The number of thiazole rings is 1. The molecule has 1 aliphatic heterocycles. The fraction of sp³-hybridized carbons (Fsp3) is 0.304. The summed E-state index contributed by atoms with van der Waals surface area (Å²) in [5.41, 5.74) is 1.57. The number of aromatic nitrogens is 1. The molecule has 1 saturated carbocycles. The van der Waals surface area contributed by atoms with Crippen LogP contribution in [0.2, 0.25) is 10.0 Å². The van der Waals surface area contributed by atoms with Crippen molar-refractivity contribution in [3.63, 3.8) is 0 Å². The molecule has 0 amide bonds. The molecule has 0 unspecified atom stereocenters. The zero-order chi connectivity index (χ0) is 23.7. The lowest BCUT2D eigenvalue weighted by Crippen LogP contribution is -2.19. The molecule has 11 heteroatoms. The molecule has 3 aromatic rings. The number of ether oxygens (including phenoxy) is 2. The van der Waals surface area contributed by atoms with Crippen LogP contribution in [0.3, 0.4) is 0 Å². The number of hydrogen-bond donors (Lipinski definition) is 0. The lowest BCUT2D eigenvalue weighted by molar-refractivity contribution is -0.385. The van der Waals surface area contributed by atoms with Gasteiger partial charge in [0.15, 0.2) is 11.5 Å². The monoisotopic (exact) mass is 518 g/mol. The number of benzene rings is 2. The Balaban J connectivity index is 1.63. The van der Waals surface area contributed by atoms with Gasteiger partial charge in [0.2, 0.25) is 11.6 Å². The minimum absolute atomic E-state index is 0.0220. The van der Waals surface area contributed by atoms with E-state index in [0.717, 1.165) is 25.7 Å². The third-order valence-corrected chi connectivity index (χ3v) is 7.18. The molecule has 1 aromatic heterocycles. The van der Waals surface area contributed by atoms with Crippen LogP contribution in [0.5, 0.6) is 11.5 Å². The minimum atomic E-state index is -0.469. The Morgan fingerprint density at radius 3 is 2.65 bits per heavy atom. The second-order valence-electron chi connectivity index (χ2n) is 8.03. The highest BCUT2D eigenvalue weighted by Crippen LogP contribution is 2.37. The standard InChI is InChI=1S/C23H20Cl2N4O4S/c24-15-6-7-18(25)17(9-15)20-12-34-23(27-16-4-2-1-3-5-16)28(20)26-11-14-8-21-22(33-13-32-21)10-19(14)29(30)31/h6-12,16H,1-5,13H2. The fourth-order valence-electron chi connectivity index (χ4n) is 4.07. The molecule has 0 N–H and O–H groups in total. The highest BCUT2D eigenvalue weighted by atomic mass is 35.5. The Bertz CT molecular complexity index is 1350. The van der Waals surface area contributed by atoms with Crippen molar-refractivity contribution >= 4 is 46.4 Å². The van der Waals surface area contributed by atoms with Crippen LogP contribution in [0.25, 0.3) is 11.3 Å². The third kappa shape index (κ3) is 4.68. The molecule has 0 saturated heterocycles. The van der Waals surface area contributed by atoms with Gasteiger partial charge in [-0.1, -0.05) is 42.5 Å². The summed E-state index contributed by atoms with van der Waals surface area (Å²) in [5.74, 6) is 0.777. The molecule has 5 rings (SSSR count). The summed E-state index contributed by atoms with van der Waals surface area (Å²) < 4.78 is 12.3. The molecule has 8 nitrogen and oxygen atoms in total. The molecule has 2 aliphatic rings. The van der Waals surface area contributed by atoms with Crippen molar-refractivity contribution in [3.05, 3.63) is 66.2 Å². The van der Waals surface area contributed by atoms with Crippen molar-refractivity contribution in [3.8, 4) is 22.8 Å². The van der Waals surface area contributed by atoms with Gasteiger partial charge in [0.1, 0.15) is 0 Å². The predicted octanol–water partition coefficient (Wildman–Crippen LogP) is 6.28. The van der Waals surface area contributed by atoms with Crippen LogP contribution < -0.4 is 14.3 Å². The molecule has 2 heterocycles. The largest absolute Gasteiger partial charge is 0.454 e. The van der Waals surface area contributed by atoms with E-state index in [9.17, 15) is 10.1 Å². The predicted molar refractivity (Wildman–Crippen MR) is 132 cm³/mol. The van der Waals surface area contributed by atoms with Gasteiger partial charge in [0.25, 0.3) is 5.69 Å². The summed E-state index contributed by atoms with van der Waals surface area (Å²) in [6.07, 6.45) is 7.03. The number of halogens is 2. The Labute approximate surface area is 209 Å². The highest BCUT2D eigenvalue weighted by Gasteiger charge is 2.23. The van der Waals surface area contributed by atoms with Crippen molar-refractivity contribution in [1.29, 1.82) is 0 Å². The highest BCUT2D eigenvalue weighted by molar-refractivity contribution is 7.07. The normalized spacial score (nSPS) is 16.5. The van der Waals surface area contributed by atoms with Gasteiger partial charge < -0.3 is 9.47 Å². The average Bonchev–Trinajstić information content (AvgIpc) is 3.45. The zero-order valence-electron chi connectivity index (χ0n) is 17.9. The quantitative estimate of drug-likeness (QED) is 0.226. The summed E-state index contributed by atoms with van der Waals surface area (Å²) in [5, 5.41) is 19.3. The number of fused-ring (bicyclic) bond motifs is 1. The molecule has 2 aromatic carbocycles. The molecule has 0 spiro atoms. The number of rotatable bonds is 5. The van der Waals surface area contributed by atoms with E-state index in [4.69, 9.17) is 37.7 Å². The minimum Gasteiger partial charge on any atom is -0.454 e. The molecule has 0 atom stereocenters. The second-order valence-corrected chi connectivity index (χ2v) is 9.71. The lowest BCUT2D eigenvalue weighted by Gasteiger charge is -2.16. The Hall–Kier alpha value is -2.88. The Morgan fingerprint density at radius 1 is 1.12 bits per heavy atom. The maximum absolute atomic E-state index is 11.7. The number of nitro groups is 1. The molecular weight excluding hydrogens is 499 g/mol. The van der Waals surface area contributed by atoms with Crippen molar-refractivity contribution in [2.75, 3.05) is 6.79 Å². The summed E-state index contributed by atoms with van der Waals surface area (Å²) in [6.45, 7) is 0.0220. The summed E-state index contributed by atoms with van der Waals surface area (Å²) >= 11 is 14.2. The molecule has 1 fully saturated rings. The van der Waals surface area contributed by atoms with E-state index in [1.807, 2.05) is 5.38 Å². The van der Waals surface area contributed by atoms with Crippen molar-refractivity contribution in [2.45, 2.75) is 38.1 Å². The van der Waals surface area contributed by atoms with E-state index < -0.39 is 4.92 Å². The summed E-state index contributed by atoms with van der Waals surface area (Å²) in [4.78, 5) is 16.9. The average molecular weight is 519 g/mol. The van der Waals surface area contributed by atoms with E-state index >= 15 is 0 Å². The van der Waals surface area contributed by atoms with Crippen molar-refractivity contribution < 1.29 is 14.4 Å². The topological polar surface area (TPSA) is 91.2 Å². The van der Waals surface area contributed by atoms with Crippen LogP contribution in [0, 0.1) is 10.1 Å². The van der Waals surface area contributed by atoms with Gasteiger partial charge in [0, 0.05) is 16.0 Å². The van der Waals surface area contributed by atoms with Gasteiger partial charge in [0.05, 0.1) is 39.5 Å². The lowest BCUT2D eigenvalue weighted by atomic mass is 9.96. The molecule has 176 valence electrons. The van der Waals surface area contributed by atoms with Crippen LogP contribution in [0.1, 0.15) is 37.7 Å². The van der Waals surface area contributed by atoms with E-state index in [-0.39, 0.29) is 18.5 Å². The van der Waals surface area contributed by atoms with Crippen LogP contribution in [-0.2, 0) is 0 Å². The molecule has 34 heavy (non-hydrogen) atoms. The maximum Gasteiger partial charge on any atom is 0.282 e. The van der Waals surface area contributed by atoms with Crippen LogP contribution in [0.15, 0.2) is 45.8 Å². The van der Waals surface area contributed by atoms with Crippen molar-refractivity contribution in [1.82, 2.24) is 4.68 Å². The fourth-order valence-corrected chi connectivity index (χ4v) is 5.36. The molecule has 0 radical (unpaired) electrons. The third-order valence-electron chi connectivity index (χ3n) is 5.79. The summed E-state index contributed by atoms with van der Waals surface area (Å²) in [6, 6.07) is 8.34. The molecule has 0 bridgehead atoms. The van der Waals surface area contributed by atoms with Gasteiger partial charge in [-0.05, 0) is 37.1 Å². The van der Waals surface area contributed by atoms with Gasteiger partial charge in [-0.2, -0.15) is 5.10 Å². The SMILES string of the molecule is O=[N+]([O-])c1cc2c(cc1C=Nn1c(-c3cc(Cl)ccc3Cl)csc1=NC1CCCCC1)OCO2. The van der Waals surface area contributed by atoms with Gasteiger partial charge in [-0.25, -0.2) is 4.68 Å².